The van der Waals surface area contributed by atoms with Gasteiger partial charge in [0.25, 0.3) is 5.56 Å². The number of aromatic amines is 2. The SMILES string of the molecule is Cn1c2nc(Cc3cccc4[nH]ncc34)sc2c2cnn(Cc3cccc4[nH]ncc34)c(=O)c21. The van der Waals surface area contributed by atoms with E-state index in [1.807, 2.05) is 48.1 Å². The van der Waals surface area contributed by atoms with Crippen LogP contribution in [0.3, 0.4) is 0 Å². The summed E-state index contributed by atoms with van der Waals surface area (Å²) in [5.74, 6) is 0. The number of aromatic nitrogens is 8. The van der Waals surface area contributed by atoms with E-state index in [4.69, 9.17) is 4.98 Å². The van der Waals surface area contributed by atoms with Gasteiger partial charge in [0.15, 0.2) is 5.65 Å². The molecule has 0 radical (unpaired) electrons. The molecule has 7 rings (SSSR count). The third kappa shape index (κ3) is 2.75. The Labute approximate surface area is 195 Å². The number of hydrogen-bond acceptors (Lipinski definition) is 6. The van der Waals surface area contributed by atoms with Crippen molar-refractivity contribution < 1.29 is 0 Å². The zero-order valence-electron chi connectivity index (χ0n) is 18.1. The maximum atomic E-state index is 13.4. The molecule has 10 heteroatoms. The molecule has 0 spiro atoms. The Bertz CT molecular complexity index is 1920. The van der Waals surface area contributed by atoms with Crippen LogP contribution < -0.4 is 5.56 Å². The molecule has 0 atom stereocenters. The fourth-order valence-corrected chi connectivity index (χ4v) is 5.82. The average Bonchev–Trinajstić information content (AvgIpc) is 3.62. The van der Waals surface area contributed by atoms with Gasteiger partial charge in [-0.2, -0.15) is 15.3 Å². The van der Waals surface area contributed by atoms with Gasteiger partial charge in [0.1, 0.15) is 10.5 Å². The van der Waals surface area contributed by atoms with Gasteiger partial charge in [-0.3, -0.25) is 15.0 Å². The van der Waals surface area contributed by atoms with Crippen LogP contribution in [-0.2, 0) is 20.0 Å². The van der Waals surface area contributed by atoms with Crippen LogP contribution in [-0.4, -0.2) is 39.7 Å². The number of thiazole rings is 1. The van der Waals surface area contributed by atoms with E-state index in [-0.39, 0.29) is 5.56 Å². The van der Waals surface area contributed by atoms with Gasteiger partial charge in [-0.05, 0) is 23.3 Å². The van der Waals surface area contributed by atoms with E-state index in [9.17, 15) is 4.79 Å². The maximum absolute atomic E-state index is 13.4. The van der Waals surface area contributed by atoms with Crippen molar-refractivity contribution in [3.8, 4) is 0 Å². The van der Waals surface area contributed by atoms with Crippen molar-refractivity contribution in [1.82, 2.24) is 39.7 Å². The molecule has 7 aromatic rings. The molecule has 0 unspecified atom stereocenters. The molecule has 5 aromatic heterocycles. The first-order valence-corrected chi connectivity index (χ1v) is 11.6. The summed E-state index contributed by atoms with van der Waals surface area (Å²) in [5, 5.41) is 22.7. The van der Waals surface area contributed by atoms with Crippen molar-refractivity contribution >= 4 is 54.4 Å². The first-order chi connectivity index (χ1) is 16.7. The Hall–Kier alpha value is -4.31. The van der Waals surface area contributed by atoms with Crippen LogP contribution in [0.25, 0.3) is 43.1 Å². The largest absolute Gasteiger partial charge is 0.323 e. The normalized spacial score (nSPS) is 12.0. The highest BCUT2D eigenvalue weighted by molar-refractivity contribution is 7.19. The standard InChI is InChI=1S/C24H18N8OS/c1-31-21-17(11-27-32(24(21)33)12-14-5-3-7-19-16(14)10-26-30-19)22-23(31)28-20(34-22)8-13-4-2-6-18-15(13)9-25-29-18/h2-7,9-11H,8,12H2,1H3,(H,25,29)(H,26,30). The summed E-state index contributed by atoms with van der Waals surface area (Å²) in [6.45, 7) is 0.373. The Kier molecular flexibility index (Phi) is 4.00. The van der Waals surface area contributed by atoms with Crippen molar-refractivity contribution in [3.63, 3.8) is 0 Å². The lowest BCUT2D eigenvalue weighted by molar-refractivity contribution is 0.647. The number of nitrogens with one attached hydrogen (secondary N) is 2. The Morgan fingerprint density at radius 3 is 2.38 bits per heavy atom. The lowest BCUT2D eigenvalue weighted by Gasteiger charge is -2.07. The number of hydrogen-bond donors (Lipinski definition) is 2. The van der Waals surface area contributed by atoms with E-state index in [0.29, 0.717) is 18.5 Å². The van der Waals surface area contributed by atoms with Crippen LogP contribution in [0.2, 0.25) is 0 Å². The van der Waals surface area contributed by atoms with E-state index in [1.165, 1.54) is 10.2 Å². The van der Waals surface area contributed by atoms with Crippen molar-refractivity contribution in [3.05, 3.63) is 81.5 Å². The predicted octanol–water partition coefficient (Wildman–Crippen LogP) is 3.74. The highest BCUT2D eigenvalue weighted by Crippen LogP contribution is 2.32. The lowest BCUT2D eigenvalue weighted by Crippen LogP contribution is -2.24. The second-order valence-corrected chi connectivity index (χ2v) is 9.45. The van der Waals surface area contributed by atoms with Gasteiger partial charge in [-0.25, -0.2) is 9.67 Å². The smallest absolute Gasteiger partial charge is 0.291 e. The summed E-state index contributed by atoms with van der Waals surface area (Å²) in [6.07, 6.45) is 6.12. The maximum Gasteiger partial charge on any atom is 0.291 e. The predicted molar refractivity (Wildman–Crippen MR) is 132 cm³/mol. The van der Waals surface area contributed by atoms with Crippen LogP contribution in [0.4, 0.5) is 0 Å². The van der Waals surface area contributed by atoms with Crippen molar-refractivity contribution in [1.29, 1.82) is 0 Å². The van der Waals surface area contributed by atoms with Crippen LogP contribution in [0.15, 0.2) is 59.8 Å². The molecular formula is C24H18N8OS. The molecule has 0 aliphatic heterocycles. The molecule has 0 aliphatic carbocycles. The van der Waals surface area contributed by atoms with Crippen LogP contribution >= 0.6 is 11.3 Å². The minimum Gasteiger partial charge on any atom is -0.323 e. The quantitative estimate of drug-likeness (QED) is 0.411. The first kappa shape index (κ1) is 19.2. The van der Waals surface area contributed by atoms with Crippen LogP contribution in [0, 0.1) is 0 Å². The van der Waals surface area contributed by atoms with Gasteiger partial charge < -0.3 is 4.57 Å². The molecule has 0 fully saturated rings. The third-order valence-corrected chi connectivity index (χ3v) is 7.46. The summed E-state index contributed by atoms with van der Waals surface area (Å²) in [4.78, 5) is 18.3. The second-order valence-electron chi connectivity index (χ2n) is 8.36. The summed E-state index contributed by atoms with van der Waals surface area (Å²) in [7, 11) is 1.90. The van der Waals surface area contributed by atoms with E-state index >= 15 is 0 Å². The summed E-state index contributed by atoms with van der Waals surface area (Å²) in [6, 6.07) is 12.0. The molecule has 2 N–H and O–H groups in total. The molecule has 0 bridgehead atoms. The number of fused-ring (bicyclic) bond motifs is 5. The Morgan fingerprint density at radius 2 is 1.62 bits per heavy atom. The van der Waals surface area contributed by atoms with E-state index in [2.05, 4.69) is 31.6 Å². The number of rotatable bonds is 4. The van der Waals surface area contributed by atoms with Gasteiger partial charge in [-0.1, -0.05) is 24.3 Å². The molecule has 0 saturated carbocycles. The first-order valence-electron chi connectivity index (χ1n) is 10.8. The molecular weight excluding hydrogens is 448 g/mol. The molecule has 5 heterocycles. The fourth-order valence-electron chi connectivity index (χ4n) is 4.70. The second kappa shape index (κ2) is 7.09. The number of benzene rings is 2. The molecule has 0 aliphatic rings. The third-order valence-electron chi connectivity index (χ3n) is 6.38. The van der Waals surface area contributed by atoms with Crippen molar-refractivity contribution in [2.75, 3.05) is 0 Å². The monoisotopic (exact) mass is 466 g/mol. The van der Waals surface area contributed by atoms with E-state index < -0.39 is 0 Å². The minimum atomic E-state index is -0.129. The van der Waals surface area contributed by atoms with Crippen molar-refractivity contribution in [2.45, 2.75) is 13.0 Å². The van der Waals surface area contributed by atoms with Crippen LogP contribution in [0.1, 0.15) is 16.1 Å². The number of H-pyrrole nitrogens is 2. The number of aryl methyl sites for hydroxylation is 1. The summed E-state index contributed by atoms with van der Waals surface area (Å²) >= 11 is 1.61. The molecule has 0 amide bonds. The van der Waals surface area contributed by atoms with Gasteiger partial charge in [0.2, 0.25) is 0 Å². The molecule has 34 heavy (non-hydrogen) atoms. The molecule has 2 aromatic carbocycles. The van der Waals surface area contributed by atoms with E-state index in [1.54, 1.807) is 23.7 Å². The summed E-state index contributed by atoms with van der Waals surface area (Å²) in [5.41, 5.74) is 5.41. The summed E-state index contributed by atoms with van der Waals surface area (Å²) < 4.78 is 4.39. The Balaban J connectivity index is 1.31. The minimum absolute atomic E-state index is 0.129. The zero-order valence-corrected chi connectivity index (χ0v) is 18.9. The molecule has 9 nitrogen and oxygen atoms in total. The zero-order chi connectivity index (χ0) is 22.8. The molecule has 0 saturated heterocycles. The molecule has 166 valence electrons. The number of nitrogens with zero attached hydrogens (tertiary/aromatic N) is 6. The van der Waals surface area contributed by atoms with Gasteiger partial charge in [0.05, 0.1) is 40.9 Å². The lowest BCUT2D eigenvalue weighted by atomic mass is 10.1. The van der Waals surface area contributed by atoms with Gasteiger partial charge in [0, 0.05) is 29.6 Å². The highest BCUT2D eigenvalue weighted by Gasteiger charge is 2.19. The van der Waals surface area contributed by atoms with Crippen molar-refractivity contribution in [2.24, 2.45) is 7.05 Å². The van der Waals surface area contributed by atoms with Gasteiger partial charge in [-0.15, -0.1) is 11.3 Å². The van der Waals surface area contributed by atoms with Gasteiger partial charge >= 0.3 is 0 Å². The Morgan fingerprint density at radius 1 is 0.912 bits per heavy atom. The fraction of sp³-hybridized carbons (Fsp3) is 0.125. The topological polar surface area (TPSA) is 110 Å². The van der Waals surface area contributed by atoms with E-state index in [0.717, 1.165) is 48.1 Å². The highest BCUT2D eigenvalue weighted by atomic mass is 32.1. The van der Waals surface area contributed by atoms with Crippen LogP contribution in [0.5, 0.6) is 0 Å². The average molecular weight is 467 g/mol.